The van der Waals surface area contributed by atoms with Crippen molar-refractivity contribution >= 4 is 0 Å². The normalized spacial score (nSPS) is 9.86. The second kappa shape index (κ2) is 16.4. The number of hydrogen-bond acceptors (Lipinski definition) is 0. The smallest absolute Gasteiger partial charge is 0.332 e. The third kappa shape index (κ3) is 15.5. The molecule has 0 amide bonds. The first-order chi connectivity index (χ1) is 6.41. The van der Waals surface area contributed by atoms with E-state index in [1.54, 1.807) is 0 Å². The number of hydrogen-bond donors (Lipinski definition) is 0. The van der Waals surface area contributed by atoms with Gasteiger partial charge >= 0.3 is 29.6 Å². The van der Waals surface area contributed by atoms with Crippen LogP contribution in [0, 0.1) is 6.42 Å². The van der Waals surface area contributed by atoms with E-state index < -0.39 is 0 Å². The van der Waals surface area contributed by atoms with Crippen molar-refractivity contribution < 1.29 is 29.6 Å². The van der Waals surface area contributed by atoms with Gasteiger partial charge in [0.1, 0.15) is 0 Å². The summed E-state index contributed by atoms with van der Waals surface area (Å²) < 4.78 is 0. The Morgan fingerprint density at radius 2 is 1.14 bits per heavy atom. The van der Waals surface area contributed by atoms with Crippen LogP contribution in [0.15, 0.2) is 0 Å². The molecular weight excluding hydrogens is 179 g/mol. The Morgan fingerprint density at radius 3 is 1.57 bits per heavy atom. The summed E-state index contributed by atoms with van der Waals surface area (Å²) in [5.74, 6) is 0. The SMILES string of the molecule is C[CH-]CCCCCCCCCCC.[Na+]. The van der Waals surface area contributed by atoms with Crippen molar-refractivity contribution in [2.45, 2.75) is 78.1 Å². The Balaban J connectivity index is 0. The molecule has 0 aromatic carbocycles. The molecule has 0 radical (unpaired) electrons. The Labute approximate surface area is 114 Å². The van der Waals surface area contributed by atoms with E-state index in [1.165, 1.54) is 64.2 Å². The monoisotopic (exact) mass is 206 g/mol. The summed E-state index contributed by atoms with van der Waals surface area (Å²) in [4.78, 5) is 0. The van der Waals surface area contributed by atoms with Gasteiger partial charge in [0.25, 0.3) is 0 Å². The molecule has 0 bridgehead atoms. The molecule has 0 spiro atoms. The second-order valence-electron chi connectivity index (χ2n) is 4.03. The van der Waals surface area contributed by atoms with Crippen molar-refractivity contribution in [2.24, 2.45) is 0 Å². The molecule has 0 heterocycles. The van der Waals surface area contributed by atoms with E-state index in [4.69, 9.17) is 0 Å². The molecule has 0 fully saturated rings. The van der Waals surface area contributed by atoms with Crippen molar-refractivity contribution in [3.8, 4) is 0 Å². The van der Waals surface area contributed by atoms with Gasteiger partial charge in [0.15, 0.2) is 0 Å². The molecule has 14 heavy (non-hydrogen) atoms. The molecule has 0 aromatic rings. The van der Waals surface area contributed by atoms with Gasteiger partial charge in [-0.3, -0.25) is 0 Å². The Hall–Kier alpha value is 1.00. The van der Waals surface area contributed by atoms with Crippen LogP contribution in [0.3, 0.4) is 0 Å². The summed E-state index contributed by atoms with van der Waals surface area (Å²) in [6.07, 6.45) is 16.6. The molecule has 0 nitrogen and oxygen atoms in total. The first-order valence-electron chi connectivity index (χ1n) is 6.19. The van der Waals surface area contributed by atoms with E-state index in [1.807, 2.05) is 0 Å². The molecule has 0 atom stereocenters. The minimum absolute atomic E-state index is 0. The zero-order chi connectivity index (χ0) is 9.78. The van der Waals surface area contributed by atoms with Gasteiger partial charge in [-0.2, -0.15) is 13.3 Å². The van der Waals surface area contributed by atoms with E-state index in [0.717, 1.165) is 0 Å². The van der Waals surface area contributed by atoms with E-state index >= 15 is 0 Å². The summed E-state index contributed by atoms with van der Waals surface area (Å²) in [5, 5.41) is 0. The third-order valence-corrected chi connectivity index (χ3v) is 2.60. The van der Waals surface area contributed by atoms with Gasteiger partial charge in [0.2, 0.25) is 0 Å². The molecule has 0 N–H and O–H groups in total. The second-order valence-corrected chi connectivity index (χ2v) is 4.03. The Morgan fingerprint density at radius 1 is 0.714 bits per heavy atom. The van der Waals surface area contributed by atoms with Crippen molar-refractivity contribution in [2.75, 3.05) is 0 Å². The summed E-state index contributed by atoms with van der Waals surface area (Å²) in [6, 6.07) is 0. The largest absolute Gasteiger partial charge is 1.00 e. The Kier molecular flexibility index (Phi) is 20.4. The van der Waals surface area contributed by atoms with Gasteiger partial charge in [-0.15, -0.1) is 0 Å². The van der Waals surface area contributed by atoms with Crippen LogP contribution in [-0.2, 0) is 0 Å². The molecule has 0 rings (SSSR count). The van der Waals surface area contributed by atoms with Crippen LogP contribution >= 0.6 is 0 Å². The van der Waals surface area contributed by atoms with Crippen molar-refractivity contribution in [1.82, 2.24) is 0 Å². The van der Waals surface area contributed by atoms with Crippen LogP contribution in [0.25, 0.3) is 0 Å². The van der Waals surface area contributed by atoms with Crippen LogP contribution in [0.1, 0.15) is 78.1 Å². The topological polar surface area (TPSA) is 0 Å². The zero-order valence-electron chi connectivity index (χ0n) is 10.6. The summed E-state index contributed by atoms with van der Waals surface area (Å²) >= 11 is 0. The first-order valence-corrected chi connectivity index (χ1v) is 6.19. The van der Waals surface area contributed by atoms with Gasteiger partial charge in [-0.05, 0) is 0 Å². The minimum atomic E-state index is 0. The zero-order valence-corrected chi connectivity index (χ0v) is 12.6. The van der Waals surface area contributed by atoms with E-state index in [0.29, 0.717) is 0 Å². The summed E-state index contributed by atoms with van der Waals surface area (Å²) in [5.41, 5.74) is 0. The van der Waals surface area contributed by atoms with E-state index in [-0.39, 0.29) is 29.6 Å². The van der Waals surface area contributed by atoms with Gasteiger partial charge < -0.3 is 6.42 Å². The predicted octanol–water partition coefficient (Wildman–Crippen LogP) is 2.14. The molecule has 0 aliphatic heterocycles. The molecule has 80 valence electrons. The van der Waals surface area contributed by atoms with Gasteiger partial charge in [-0.1, -0.05) is 64.7 Å². The van der Waals surface area contributed by atoms with E-state index in [2.05, 4.69) is 20.3 Å². The third-order valence-electron chi connectivity index (χ3n) is 2.60. The number of rotatable bonds is 10. The summed E-state index contributed by atoms with van der Waals surface area (Å²) in [7, 11) is 0. The fourth-order valence-corrected chi connectivity index (χ4v) is 1.66. The van der Waals surface area contributed by atoms with Crippen molar-refractivity contribution in [3.05, 3.63) is 6.42 Å². The molecule has 0 aliphatic rings. The molecular formula is C13H27Na. The molecule has 1 heteroatoms. The Bertz CT molecular complexity index is 71.3. The first kappa shape index (κ1) is 17.4. The van der Waals surface area contributed by atoms with Gasteiger partial charge in [-0.25, -0.2) is 0 Å². The van der Waals surface area contributed by atoms with Crippen molar-refractivity contribution in [3.63, 3.8) is 0 Å². The maximum absolute atomic E-state index is 2.28. The molecule has 0 aliphatic carbocycles. The predicted molar refractivity (Wildman–Crippen MR) is 61.8 cm³/mol. The maximum atomic E-state index is 2.28. The van der Waals surface area contributed by atoms with Crippen LogP contribution in [0.5, 0.6) is 0 Å². The van der Waals surface area contributed by atoms with Gasteiger partial charge in [0, 0.05) is 0 Å². The quantitative estimate of drug-likeness (QED) is 0.292. The average molecular weight is 206 g/mol. The molecule has 0 aromatic heterocycles. The summed E-state index contributed by atoms with van der Waals surface area (Å²) in [6.45, 7) is 4.44. The van der Waals surface area contributed by atoms with Crippen molar-refractivity contribution in [1.29, 1.82) is 0 Å². The van der Waals surface area contributed by atoms with Crippen LogP contribution in [-0.4, -0.2) is 0 Å². The molecule has 0 saturated carbocycles. The average Bonchev–Trinajstić information content (AvgIpc) is 2.16. The minimum Gasteiger partial charge on any atom is -0.332 e. The van der Waals surface area contributed by atoms with E-state index in [9.17, 15) is 0 Å². The standard InChI is InChI=1S/C13H27.Na/c1-3-5-7-9-11-13-12-10-8-6-4-2;/h3H,4-13H2,1-2H3;/q-1;+1. The number of unbranched alkanes of at least 4 members (excludes halogenated alkanes) is 10. The molecule has 0 unspecified atom stereocenters. The molecule has 0 saturated heterocycles. The van der Waals surface area contributed by atoms with Crippen LogP contribution < -0.4 is 29.6 Å². The fraction of sp³-hybridized carbons (Fsp3) is 0.923. The van der Waals surface area contributed by atoms with Crippen LogP contribution in [0.2, 0.25) is 0 Å². The van der Waals surface area contributed by atoms with Crippen LogP contribution in [0.4, 0.5) is 0 Å². The fourth-order valence-electron chi connectivity index (χ4n) is 1.66. The maximum Gasteiger partial charge on any atom is 1.00 e. The van der Waals surface area contributed by atoms with Gasteiger partial charge in [0.05, 0.1) is 0 Å².